The summed E-state index contributed by atoms with van der Waals surface area (Å²) >= 11 is 9.44. The summed E-state index contributed by atoms with van der Waals surface area (Å²) in [7, 11) is 0. The first-order valence-corrected chi connectivity index (χ1v) is 12.0. The lowest BCUT2D eigenvalue weighted by Crippen LogP contribution is -2.45. The molecule has 1 aromatic heterocycles. The zero-order valence-corrected chi connectivity index (χ0v) is 22.1. The fourth-order valence-electron chi connectivity index (χ4n) is 3.51. The highest BCUT2D eigenvalue weighted by molar-refractivity contribution is 9.10. The Bertz CT molecular complexity index is 1330. The average Bonchev–Trinajstić information content (AvgIpc) is 2.78. The van der Waals surface area contributed by atoms with Crippen LogP contribution in [-0.4, -0.2) is 20.8 Å². The summed E-state index contributed by atoms with van der Waals surface area (Å²) < 4.78 is 22.2. The third-order valence-electron chi connectivity index (χ3n) is 5.25. The maximum Gasteiger partial charge on any atom is 0.408 e. The van der Waals surface area contributed by atoms with Crippen LogP contribution in [0.3, 0.4) is 0 Å². The number of nitrogens with one attached hydrogen (secondary N) is 1. The van der Waals surface area contributed by atoms with Gasteiger partial charge in [0.25, 0.3) is 5.56 Å². The largest absolute Gasteiger partial charge is 0.444 e. The maximum absolute atomic E-state index is 14.4. The molecule has 3 rings (SSSR count). The Morgan fingerprint density at radius 1 is 1.11 bits per heavy atom. The summed E-state index contributed by atoms with van der Waals surface area (Å²) in [5, 5.41) is 2.91. The van der Waals surface area contributed by atoms with E-state index in [0.29, 0.717) is 11.3 Å². The van der Waals surface area contributed by atoms with Crippen molar-refractivity contribution in [2.75, 3.05) is 0 Å². The Hall–Kier alpha value is -2.91. The molecule has 1 heterocycles. The van der Waals surface area contributed by atoms with Crippen LogP contribution in [0.4, 0.5) is 9.18 Å². The number of rotatable bonds is 6. The second kappa shape index (κ2) is 10.8. The molecule has 1 N–H and O–H groups in total. The van der Waals surface area contributed by atoms with Crippen LogP contribution in [0.25, 0.3) is 0 Å². The van der Waals surface area contributed by atoms with E-state index in [1.807, 2.05) is 6.07 Å². The number of halogens is 3. The topological polar surface area (TPSA) is 82.3 Å². The first-order chi connectivity index (χ1) is 16.4. The summed E-state index contributed by atoms with van der Waals surface area (Å²) in [6.45, 7) is 6.43. The molecule has 0 spiro atoms. The summed E-state index contributed by atoms with van der Waals surface area (Å²) in [5.41, 5.74) is -0.849. The van der Waals surface area contributed by atoms with Crippen molar-refractivity contribution in [1.29, 1.82) is 0 Å². The molecule has 0 aliphatic heterocycles. The van der Waals surface area contributed by atoms with E-state index in [1.54, 1.807) is 52.0 Å². The molecule has 0 aliphatic rings. The molecule has 0 saturated carbocycles. The molecule has 10 heteroatoms. The van der Waals surface area contributed by atoms with Crippen molar-refractivity contribution in [3.8, 4) is 0 Å². The van der Waals surface area contributed by atoms with Crippen molar-refractivity contribution in [1.82, 2.24) is 14.5 Å². The highest BCUT2D eigenvalue weighted by atomic mass is 79.9. The standard InChI is InChI=1S/C25H26BrClFN3O4/c1-15-21(26)22(32)31(24(34)30(15)13-17-18(27)11-8-12-19(17)28)14-20(16-9-6-5-7-10-16)29-23(33)35-25(2,3)4/h5-12,20H,13-14H2,1-4H3,(H,29,33). The Morgan fingerprint density at radius 3 is 2.37 bits per heavy atom. The van der Waals surface area contributed by atoms with E-state index in [2.05, 4.69) is 21.2 Å². The molecular formula is C25H26BrClFN3O4. The van der Waals surface area contributed by atoms with Gasteiger partial charge in [0.15, 0.2) is 0 Å². The quantitative estimate of drug-likeness (QED) is 0.445. The van der Waals surface area contributed by atoms with Crippen LogP contribution in [0.5, 0.6) is 0 Å². The summed E-state index contributed by atoms with van der Waals surface area (Å²) in [4.78, 5) is 39.1. The van der Waals surface area contributed by atoms with E-state index in [1.165, 1.54) is 22.8 Å². The summed E-state index contributed by atoms with van der Waals surface area (Å²) in [6, 6.07) is 12.4. The van der Waals surface area contributed by atoms with E-state index in [-0.39, 0.29) is 28.1 Å². The number of alkyl carbamates (subject to hydrolysis) is 1. The lowest BCUT2D eigenvalue weighted by atomic mass is 10.1. The number of carbonyl (C=O) groups excluding carboxylic acids is 1. The SMILES string of the molecule is Cc1c(Br)c(=O)n(CC(NC(=O)OC(C)(C)C)c2ccccc2)c(=O)n1Cc1c(F)cccc1Cl. The van der Waals surface area contributed by atoms with Gasteiger partial charge >= 0.3 is 11.8 Å². The van der Waals surface area contributed by atoms with Gasteiger partial charge in [-0.15, -0.1) is 0 Å². The molecule has 0 aliphatic carbocycles. The molecule has 186 valence electrons. The van der Waals surface area contributed by atoms with Gasteiger partial charge < -0.3 is 10.1 Å². The zero-order valence-electron chi connectivity index (χ0n) is 19.8. The smallest absolute Gasteiger partial charge is 0.408 e. The minimum absolute atomic E-state index is 0.128. The number of ether oxygens (including phenoxy) is 1. The molecule has 0 saturated heterocycles. The van der Waals surface area contributed by atoms with Gasteiger partial charge in [0.05, 0.1) is 19.1 Å². The minimum atomic E-state index is -0.753. The van der Waals surface area contributed by atoms with Crippen LogP contribution in [0.15, 0.2) is 62.6 Å². The molecule has 0 radical (unpaired) electrons. The van der Waals surface area contributed by atoms with E-state index >= 15 is 0 Å². The van der Waals surface area contributed by atoms with Gasteiger partial charge in [-0.05, 0) is 61.3 Å². The predicted octanol–water partition coefficient (Wildman–Crippen LogP) is 5.19. The second-order valence-electron chi connectivity index (χ2n) is 8.99. The van der Waals surface area contributed by atoms with Crippen molar-refractivity contribution in [2.24, 2.45) is 0 Å². The van der Waals surface area contributed by atoms with Crippen LogP contribution in [0.1, 0.15) is 43.6 Å². The van der Waals surface area contributed by atoms with E-state index in [9.17, 15) is 18.8 Å². The first-order valence-electron chi connectivity index (χ1n) is 10.9. The lowest BCUT2D eigenvalue weighted by Gasteiger charge is -2.25. The molecule has 0 fully saturated rings. The number of carbonyl (C=O) groups is 1. The number of nitrogens with zero attached hydrogens (tertiary/aromatic N) is 2. The van der Waals surface area contributed by atoms with Crippen molar-refractivity contribution < 1.29 is 13.9 Å². The maximum atomic E-state index is 14.4. The number of amides is 1. The van der Waals surface area contributed by atoms with Crippen LogP contribution in [0.2, 0.25) is 5.02 Å². The van der Waals surface area contributed by atoms with E-state index in [4.69, 9.17) is 16.3 Å². The van der Waals surface area contributed by atoms with Crippen molar-refractivity contribution in [3.63, 3.8) is 0 Å². The second-order valence-corrected chi connectivity index (χ2v) is 10.2. The number of benzene rings is 2. The molecule has 1 amide bonds. The zero-order chi connectivity index (χ0) is 25.9. The Labute approximate surface area is 215 Å². The van der Waals surface area contributed by atoms with Gasteiger partial charge in [0.2, 0.25) is 0 Å². The molecule has 0 bridgehead atoms. The molecular weight excluding hydrogens is 541 g/mol. The normalized spacial score (nSPS) is 12.3. The summed E-state index contributed by atoms with van der Waals surface area (Å²) in [6.07, 6.45) is -0.691. The Kier molecular flexibility index (Phi) is 8.22. The van der Waals surface area contributed by atoms with Crippen molar-refractivity contribution in [3.05, 3.63) is 102 Å². The van der Waals surface area contributed by atoms with Crippen molar-refractivity contribution >= 4 is 33.6 Å². The summed E-state index contributed by atoms with van der Waals surface area (Å²) in [5.74, 6) is -0.563. The first kappa shape index (κ1) is 26.7. The third kappa shape index (κ3) is 6.41. The van der Waals surface area contributed by atoms with Gasteiger partial charge in [-0.2, -0.15) is 0 Å². The fourth-order valence-corrected chi connectivity index (χ4v) is 4.16. The van der Waals surface area contributed by atoms with Crippen LogP contribution in [0, 0.1) is 12.7 Å². The molecule has 3 aromatic rings. The van der Waals surface area contributed by atoms with Crippen LogP contribution >= 0.6 is 27.5 Å². The van der Waals surface area contributed by atoms with Crippen LogP contribution < -0.4 is 16.6 Å². The van der Waals surface area contributed by atoms with Gasteiger partial charge in [0.1, 0.15) is 15.9 Å². The molecule has 2 aromatic carbocycles. The lowest BCUT2D eigenvalue weighted by molar-refractivity contribution is 0.0497. The van der Waals surface area contributed by atoms with Gasteiger partial charge in [0, 0.05) is 16.3 Å². The number of aromatic nitrogens is 2. The Morgan fingerprint density at radius 2 is 1.77 bits per heavy atom. The number of hydrogen-bond donors (Lipinski definition) is 1. The molecule has 35 heavy (non-hydrogen) atoms. The monoisotopic (exact) mass is 565 g/mol. The number of hydrogen-bond acceptors (Lipinski definition) is 4. The van der Waals surface area contributed by atoms with E-state index in [0.717, 1.165) is 4.57 Å². The molecule has 7 nitrogen and oxygen atoms in total. The fraction of sp³-hybridized carbons (Fsp3) is 0.320. The van der Waals surface area contributed by atoms with Crippen LogP contribution in [-0.2, 0) is 17.8 Å². The molecule has 1 atom stereocenters. The predicted molar refractivity (Wildman–Crippen MR) is 136 cm³/mol. The van der Waals surface area contributed by atoms with Gasteiger partial charge in [-0.1, -0.05) is 48.0 Å². The van der Waals surface area contributed by atoms with Gasteiger partial charge in [-0.3, -0.25) is 13.9 Å². The van der Waals surface area contributed by atoms with E-state index < -0.39 is 34.8 Å². The third-order valence-corrected chi connectivity index (χ3v) is 6.52. The molecule has 1 unspecified atom stereocenters. The highest BCUT2D eigenvalue weighted by Gasteiger charge is 2.24. The average molecular weight is 567 g/mol. The van der Waals surface area contributed by atoms with Crippen molar-refractivity contribution in [2.45, 2.75) is 52.4 Å². The minimum Gasteiger partial charge on any atom is -0.444 e. The Balaban J connectivity index is 2.07. The van der Waals surface area contributed by atoms with Gasteiger partial charge in [-0.25, -0.2) is 14.0 Å². The highest BCUT2D eigenvalue weighted by Crippen LogP contribution is 2.21.